The van der Waals surface area contributed by atoms with E-state index in [4.69, 9.17) is 0 Å². The molecule has 1 aliphatic rings. The minimum absolute atomic E-state index is 0.580. The van der Waals surface area contributed by atoms with Gasteiger partial charge in [-0.15, -0.1) is 0 Å². The molecule has 1 atom stereocenters. The molecule has 3 rings (SSSR count). The number of benzene rings is 2. The predicted molar refractivity (Wildman–Crippen MR) is 97.2 cm³/mol. The number of rotatable bonds is 6. The molecular weight excluding hydrogens is 280 g/mol. The highest BCUT2D eigenvalue weighted by atomic mass is 15.3. The minimum Gasteiger partial charge on any atom is -0.297 e. The Balaban J connectivity index is 1.61. The van der Waals surface area contributed by atoms with Gasteiger partial charge in [0.1, 0.15) is 0 Å². The Bertz CT molecular complexity index is 579. The Morgan fingerprint density at radius 2 is 1.57 bits per heavy atom. The van der Waals surface area contributed by atoms with E-state index in [0.29, 0.717) is 12.1 Å². The van der Waals surface area contributed by atoms with Gasteiger partial charge in [0.05, 0.1) is 0 Å². The lowest BCUT2D eigenvalue weighted by atomic mass is 10.1. The monoisotopic (exact) mass is 308 g/mol. The van der Waals surface area contributed by atoms with Crippen molar-refractivity contribution in [3.63, 3.8) is 0 Å². The maximum Gasteiger partial charge on any atom is 0.0241 e. The fraction of sp³-hybridized carbons (Fsp3) is 0.429. The molecule has 23 heavy (non-hydrogen) atoms. The van der Waals surface area contributed by atoms with E-state index in [1.807, 2.05) is 0 Å². The van der Waals surface area contributed by atoms with Crippen molar-refractivity contribution in [2.24, 2.45) is 0 Å². The molecule has 2 heteroatoms. The van der Waals surface area contributed by atoms with Crippen LogP contribution >= 0.6 is 0 Å². The van der Waals surface area contributed by atoms with E-state index < -0.39 is 0 Å². The van der Waals surface area contributed by atoms with Crippen molar-refractivity contribution in [1.82, 2.24) is 9.80 Å². The van der Waals surface area contributed by atoms with Crippen LogP contribution in [0.4, 0.5) is 0 Å². The van der Waals surface area contributed by atoms with Crippen LogP contribution in [0.3, 0.4) is 0 Å². The van der Waals surface area contributed by atoms with Gasteiger partial charge in [-0.2, -0.15) is 0 Å². The van der Waals surface area contributed by atoms with Crippen LogP contribution in [-0.2, 0) is 13.1 Å². The summed E-state index contributed by atoms with van der Waals surface area (Å²) >= 11 is 0. The van der Waals surface area contributed by atoms with Crippen molar-refractivity contribution in [3.8, 4) is 0 Å². The number of hydrogen-bond acceptors (Lipinski definition) is 2. The van der Waals surface area contributed by atoms with Crippen LogP contribution in [0.5, 0.6) is 0 Å². The van der Waals surface area contributed by atoms with Crippen LogP contribution in [0.15, 0.2) is 60.7 Å². The van der Waals surface area contributed by atoms with Crippen molar-refractivity contribution in [3.05, 3.63) is 71.8 Å². The van der Waals surface area contributed by atoms with Gasteiger partial charge in [-0.3, -0.25) is 9.80 Å². The summed E-state index contributed by atoms with van der Waals surface area (Å²) in [6.07, 6.45) is 1.28. The molecule has 0 saturated carbocycles. The van der Waals surface area contributed by atoms with Crippen LogP contribution in [0, 0.1) is 0 Å². The third-order valence-corrected chi connectivity index (χ3v) is 4.84. The highest BCUT2D eigenvalue weighted by molar-refractivity contribution is 5.16. The van der Waals surface area contributed by atoms with E-state index in [-0.39, 0.29) is 0 Å². The quantitative estimate of drug-likeness (QED) is 0.790. The lowest BCUT2D eigenvalue weighted by Crippen LogP contribution is -2.41. The second-order valence-corrected chi connectivity index (χ2v) is 6.91. The van der Waals surface area contributed by atoms with Crippen molar-refractivity contribution in [1.29, 1.82) is 0 Å². The van der Waals surface area contributed by atoms with Gasteiger partial charge in [-0.05, 0) is 31.4 Å². The summed E-state index contributed by atoms with van der Waals surface area (Å²) in [7, 11) is 0. The normalized spacial score (nSPS) is 18.9. The highest BCUT2D eigenvalue weighted by Gasteiger charge is 2.29. The topological polar surface area (TPSA) is 6.48 Å². The second-order valence-electron chi connectivity index (χ2n) is 6.91. The van der Waals surface area contributed by atoms with Crippen LogP contribution in [0.2, 0.25) is 0 Å². The van der Waals surface area contributed by atoms with Gasteiger partial charge in [-0.25, -0.2) is 0 Å². The molecule has 0 radical (unpaired) electrons. The third-order valence-electron chi connectivity index (χ3n) is 4.84. The zero-order chi connectivity index (χ0) is 16.1. The van der Waals surface area contributed by atoms with Crippen molar-refractivity contribution in [2.75, 3.05) is 13.1 Å². The van der Waals surface area contributed by atoms with E-state index in [1.165, 1.54) is 30.6 Å². The van der Waals surface area contributed by atoms with E-state index >= 15 is 0 Å². The van der Waals surface area contributed by atoms with Gasteiger partial charge in [-0.1, -0.05) is 60.7 Å². The van der Waals surface area contributed by atoms with Crippen LogP contribution in [-0.4, -0.2) is 35.0 Å². The minimum atomic E-state index is 0.580. The lowest BCUT2D eigenvalue weighted by molar-refractivity contribution is 0.143. The molecule has 2 aromatic rings. The molecule has 0 N–H and O–H groups in total. The number of hydrogen-bond donors (Lipinski definition) is 0. The van der Waals surface area contributed by atoms with E-state index in [0.717, 1.165) is 13.1 Å². The third kappa shape index (κ3) is 4.43. The summed E-state index contributed by atoms with van der Waals surface area (Å²) in [5.74, 6) is 0. The molecule has 1 fully saturated rings. The molecule has 2 nitrogen and oxygen atoms in total. The molecule has 122 valence electrons. The van der Waals surface area contributed by atoms with Gasteiger partial charge in [0.15, 0.2) is 0 Å². The standard InChI is InChI=1S/C21H28N2/c1-18(2)23(16-20-11-7-4-8-12-20)21-13-14-22(17-21)15-19-9-5-3-6-10-19/h3-12,18,21H,13-17H2,1-2H3. The zero-order valence-electron chi connectivity index (χ0n) is 14.4. The summed E-state index contributed by atoms with van der Waals surface area (Å²) < 4.78 is 0. The van der Waals surface area contributed by atoms with E-state index in [1.54, 1.807) is 0 Å². The molecule has 1 unspecified atom stereocenters. The highest BCUT2D eigenvalue weighted by Crippen LogP contribution is 2.22. The Kier molecular flexibility index (Phi) is 5.47. The molecule has 0 spiro atoms. The van der Waals surface area contributed by atoms with Crippen molar-refractivity contribution in [2.45, 2.75) is 45.4 Å². The molecule has 0 amide bonds. The van der Waals surface area contributed by atoms with Crippen molar-refractivity contribution >= 4 is 0 Å². The average Bonchev–Trinajstić information content (AvgIpc) is 3.02. The van der Waals surface area contributed by atoms with E-state index in [2.05, 4.69) is 84.3 Å². The van der Waals surface area contributed by atoms with Gasteiger partial charge >= 0.3 is 0 Å². The Morgan fingerprint density at radius 1 is 0.957 bits per heavy atom. The van der Waals surface area contributed by atoms with Gasteiger partial charge in [0, 0.05) is 38.3 Å². The molecule has 1 saturated heterocycles. The largest absolute Gasteiger partial charge is 0.297 e. The van der Waals surface area contributed by atoms with Gasteiger partial charge < -0.3 is 0 Å². The molecule has 0 aromatic heterocycles. The van der Waals surface area contributed by atoms with Crippen molar-refractivity contribution < 1.29 is 0 Å². The first-order chi connectivity index (χ1) is 11.2. The Labute approximate surface area is 140 Å². The summed E-state index contributed by atoms with van der Waals surface area (Å²) in [4.78, 5) is 5.26. The van der Waals surface area contributed by atoms with E-state index in [9.17, 15) is 0 Å². The summed E-state index contributed by atoms with van der Waals surface area (Å²) in [6.45, 7) is 9.17. The second kappa shape index (κ2) is 7.76. The summed E-state index contributed by atoms with van der Waals surface area (Å²) in [5.41, 5.74) is 2.84. The zero-order valence-corrected chi connectivity index (χ0v) is 14.4. The summed E-state index contributed by atoms with van der Waals surface area (Å²) in [6, 6.07) is 23.0. The maximum absolute atomic E-state index is 2.67. The summed E-state index contributed by atoms with van der Waals surface area (Å²) in [5, 5.41) is 0. The smallest absolute Gasteiger partial charge is 0.0241 e. The average molecular weight is 308 g/mol. The Hall–Kier alpha value is -1.64. The molecule has 0 aliphatic carbocycles. The molecule has 2 aromatic carbocycles. The lowest BCUT2D eigenvalue weighted by Gasteiger charge is -2.33. The Morgan fingerprint density at radius 3 is 2.17 bits per heavy atom. The van der Waals surface area contributed by atoms with Crippen LogP contribution in [0.25, 0.3) is 0 Å². The maximum atomic E-state index is 2.67. The first-order valence-electron chi connectivity index (χ1n) is 8.78. The van der Waals surface area contributed by atoms with Crippen LogP contribution < -0.4 is 0 Å². The first kappa shape index (κ1) is 16.2. The molecule has 1 aliphatic heterocycles. The molecular formula is C21H28N2. The fourth-order valence-corrected chi connectivity index (χ4v) is 3.60. The molecule has 1 heterocycles. The first-order valence-corrected chi connectivity index (χ1v) is 8.78. The van der Waals surface area contributed by atoms with Gasteiger partial charge in [0.25, 0.3) is 0 Å². The number of likely N-dealkylation sites (tertiary alicyclic amines) is 1. The SMILES string of the molecule is CC(C)N(Cc1ccccc1)C1CCN(Cc2ccccc2)C1. The van der Waals surface area contributed by atoms with Gasteiger partial charge in [0.2, 0.25) is 0 Å². The molecule has 0 bridgehead atoms. The van der Waals surface area contributed by atoms with Crippen LogP contribution in [0.1, 0.15) is 31.4 Å². The predicted octanol–water partition coefficient (Wildman–Crippen LogP) is 4.17. The fourth-order valence-electron chi connectivity index (χ4n) is 3.60. The number of nitrogens with zero attached hydrogens (tertiary/aromatic N) is 2.